The fourth-order valence-corrected chi connectivity index (χ4v) is 2.38. The van der Waals surface area contributed by atoms with E-state index in [0.717, 1.165) is 38.9 Å². The van der Waals surface area contributed by atoms with Gasteiger partial charge in [0.05, 0.1) is 17.6 Å². The summed E-state index contributed by atoms with van der Waals surface area (Å²) in [4.78, 5) is 12.3. The van der Waals surface area contributed by atoms with Crippen molar-refractivity contribution in [1.29, 1.82) is 0 Å². The molecular weight excluding hydrogens is 260 g/mol. The molecule has 20 heavy (non-hydrogen) atoms. The van der Waals surface area contributed by atoms with Gasteiger partial charge < -0.3 is 14.7 Å². The summed E-state index contributed by atoms with van der Waals surface area (Å²) in [5.74, 6) is 0.647. The largest absolute Gasteiger partial charge is 0.494 e. The van der Waals surface area contributed by atoms with Crippen LogP contribution in [0.15, 0.2) is 24.3 Å². The molecule has 6 nitrogen and oxygen atoms in total. The standard InChI is InChI=1S/C14H20N2O4/c17-13-3-1-8-15(11-13)9-2-10-20-14-6-4-12(5-7-14)16(18)19/h4-7,13,17H,1-3,8-11H2. The summed E-state index contributed by atoms with van der Waals surface area (Å²) >= 11 is 0. The number of aliphatic hydroxyl groups is 1. The maximum Gasteiger partial charge on any atom is 0.269 e. The van der Waals surface area contributed by atoms with Gasteiger partial charge in [-0.25, -0.2) is 0 Å². The molecule has 1 heterocycles. The molecule has 1 N–H and O–H groups in total. The molecule has 1 saturated heterocycles. The summed E-state index contributed by atoms with van der Waals surface area (Å²) < 4.78 is 5.55. The van der Waals surface area contributed by atoms with Crippen LogP contribution < -0.4 is 4.74 Å². The van der Waals surface area contributed by atoms with Crippen molar-refractivity contribution in [2.24, 2.45) is 0 Å². The third-order valence-corrected chi connectivity index (χ3v) is 3.42. The van der Waals surface area contributed by atoms with Crippen LogP contribution in [0.2, 0.25) is 0 Å². The Morgan fingerprint density at radius 1 is 1.40 bits per heavy atom. The first-order valence-corrected chi connectivity index (χ1v) is 6.93. The van der Waals surface area contributed by atoms with Crippen LogP contribution in [0.1, 0.15) is 19.3 Å². The highest BCUT2D eigenvalue weighted by atomic mass is 16.6. The van der Waals surface area contributed by atoms with Crippen molar-refractivity contribution >= 4 is 5.69 Å². The van der Waals surface area contributed by atoms with Gasteiger partial charge in [0.15, 0.2) is 0 Å². The van der Waals surface area contributed by atoms with Crippen molar-refractivity contribution in [2.45, 2.75) is 25.4 Å². The number of β-amino-alcohol motifs (C(OH)–C–C–N with tert-alkyl or cyclic N) is 1. The van der Waals surface area contributed by atoms with Crippen LogP contribution in [0.4, 0.5) is 5.69 Å². The molecular formula is C14H20N2O4. The number of nitrogens with zero attached hydrogens (tertiary/aromatic N) is 2. The van der Waals surface area contributed by atoms with E-state index < -0.39 is 4.92 Å². The van der Waals surface area contributed by atoms with Crippen LogP contribution in [0.25, 0.3) is 0 Å². The fourth-order valence-electron chi connectivity index (χ4n) is 2.38. The Balaban J connectivity index is 1.66. The number of hydrogen-bond donors (Lipinski definition) is 1. The van der Waals surface area contributed by atoms with Gasteiger partial charge in [-0.1, -0.05) is 0 Å². The van der Waals surface area contributed by atoms with Crippen molar-refractivity contribution in [1.82, 2.24) is 4.90 Å². The summed E-state index contributed by atoms with van der Waals surface area (Å²) in [6.45, 7) is 3.26. The number of non-ortho nitro benzene ring substituents is 1. The Kier molecular flexibility index (Phi) is 5.31. The Morgan fingerprint density at radius 2 is 2.15 bits per heavy atom. The van der Waals surface area contributed by atoms with Crippen LogP contribution in [0.5, 0.6) is 5.75 Å². The molecule has 1 aromatic rings. The molecule has 0 amide bonds. The highest BCUT2D eigenvalue weighted by Crippen LogP contribution is 2.17. The molecule has 0 bridgehead atoms. The average Bonchev–Trinajstić information content (AvgIpc) is 2.44. The number of nitro groups is 1. The van der Waals surface area contributed by atoms with Gasteiger partial charge in [0, 0.05) is 25.2 Å². The number of nitro benzene ring substituents is 1. The predicted molar refractivity (Wildman–Crippen MR) is 74.9 cm³/mol. The zero-order chi connectivity index (χ0) is 14.4. The molecule has 6 heteroatoms. The van der Waals surface area contributed by atoms with Gasteiger partial charge in [-0.15, -0.1) is 0 Å². The van der Waals surface area contributed by atoms with E-state index in [2.05, 4.69) is 4.90 Å². The Morgan fingerprint density at radius 3 is 2.80 bits per heavy atom. The molecule has 0 spiro atoms. The number of ether oxygens (including phenoxy) is 1. The van der Waals surface area contributed by atoms with Crippen LogP contribution in [0, 0.1) is 10.1 Å². The number of piperidine rings is 1. The monoisotopic (exact) mass is 280 g/mol. The van der Waals surface area contributed by atoms with E-state index in [1.54, 1.807) is 12.1 Å². The number of benzene rings is 1. The molecule has 1 fully saturated rings. The van der Waals surface area contributed by atoms with Crippen molar-refractivity contribution in [3.8, 4) is 5.75 Å². The van der Waals surface area contributed by atoms with E-state index in [0.29, 0.717) is 12.4 Å². The van der Waals surface area contributed by atoms with Gasteiger partial charge in [-0.3, -0.25) is 10.1 Å². The molecule has 0 aliphatic carbocycles. The topological polar surface area (TPSA) is 75.8 Å². The summed E-state index contributed by atoms with van der Waals surface area (Å²) in [5.41, 5.74) is 0.0691. The number of likely N-dealkylation sites (tertiary alicyclic amines) is 1. The van der Waals surface area contributed by atoms with E-state index in [4.69, 9.17) is 4.74 Å². The van der Waals surface area contributed by atoms with Gasteiger partial charge in [0.25, 0.3) is 5.69 Å². The predicted octanol–water partition coefficient (Wildman–Crippen LogP) is 1.82. The lowest BCUT2D eigenvalue weighted by Gasteiger charge is -2.29. The molecule has 1 aliphatic rings. The first kappa shape index (κ1) is 14.7. The SMILES string of the molecule is O=[N+]([O-])c1ccc(OCCCN2CCCC(O)C2)cc1. The second-order valence-electron chi connectivity index (χ2n) is 5.05. The lowest BCUT2D eigenvalue weighted by atomic mass is 10.1. The third kappa shape index (κ3) is 4.47. The quantitative estimate of drug-likeness (QED) is 0.488. The molecule has 0 saturated carbocycles. The van der Waals surface area contributed by atoms with Gasteiger partial charge in [0.2, 0.25) is 0 Å². The zero-order valence-corrected chi connectivity index (χ0v) is 11.4. The second kappa shape index (κ2) is 7.21. The number of hydrogen-bond acceptors (Lipinski definition) is 5. The minimum atomic E-state index is -0.425. The van der Waals surface area contributed by atoms with Crippen LogP contribution in [0.3, 0.4) is 0 Å². The maximum absolute atomic E-state index is 10.5. The Bertz CT molecular complexity index is 435. The summed E-state index contributed by atoms with van der Waals surface area (Å²) in [5, 5.41) is 20.1. The van der Waals surface area contributed by atoms with E-state index >= 15 is 0 Å². The van der Waals surface area contributed by atoms with Gasteiger partial charge in [0.1, 0.15) is 5.75 Å². The Labute approximate surface area is 118 Å². The van der Waals surface area contributed by atoms with Crippen molar-refractivity contribution < 1.29 is 14.8 Å². The van der Waals surface area contributed by atoms with E-state index in [-0.39, 0.29) is 11.8 Å². The van der Waals surface area contributed by atoms with Gasteiger partial charge in [-0.2, -0.15) is 0 Å². The van der Waals surface area contributed by atoms with E-state index in [1.165, 1.54) is 12.1 Å². The van der Waals surface area contributed by atoms with Crippen molar-refractivity contribution in [3.63, 3.8) is 0 Å². The molecule has 1 aliphatic heterocycles. The first-order valence-electron chi connectivity index (χ1n) is 6.93. The number of rotatable bonds is 6. The molecule has 1 aromatic carbocycles. The van der Waals surface area contributed by atoms with Gasteiger partial charge >= 0.3 is 0 Å². The van der Waals surface area contributed by atoms with Crippen LogP contribution in [-0.4, -0.2) is 47.3 Å². The average molecular weight is 280 g/mol. The zero-order valence-electron chi connectivity index (χ0n) is 11.4. The minimum absolute atomic E-state index is 0.0691. The summed E-state index contributed by atoms with van der Waals surface area (Å²) in [6, 6.07) is 6.11. The molecule has 1 unspecified atom stereocenters. The maximum atomic E-state index is 10.5. The second-order valence-corrected chi connectivity index (χ2v) is 5.05. The third-order valence-electron chi connectivity index (χ3n) is 3.42. The van der Waals surface area contributed by atoms with Gasteiger partial charge in [-0.05, 0) is 37.9 Å². The smallest absolute Gasteiger partial charge is 0.269 e. The number of aliphatic hydroxyl groups excluding tert-OH is 1. The lowest BCUT2D eigenvalue weighted by molar-refractivity contribution is -0.384. The molecule has 0 radical (unpaired) electrons. The molecule has 0 aromatic heterocycles. The summed E-state index contributed by atoms with van der Waals surface area (Å²) in [6.07, 6.45) is 2.63. The van der Waals surface area contributed by atoms with E-state index in [1.807, 2.05) is 0 Å². The molecule has 1 atom stereocenters. The van der Waals surface area contributed by atoms with E-state index in [9.17, 15) is 15.2 Å². The van der Waals surface area contributed by atoms with Crippen molar-refractivity contribution in [2.75, 3.05) is 26.2 Å². The highest BCUT2D eigenvalue weighted by Gasteiger charge is 2.16. The lowest BCUT2D eigenvalue weighted by Crippen LogP contribution is -2.39. The minimum Gasteiger partial charge on any atom is -0.494 e. The van der Waals surface area contributed by atoms with Crippen molar-refractivity contribution in [3.05, 3.63) is 34.4 Å². The van der Waals surface area contributed by atoms with Crippen LogP contribution >= 0.6 is 0 Å². The first-order chi connectivity index (χ1) is 9.65. The highest BCUT2D eigenvalue weighted by molar-refractivity contribution is 5.35. The normalized spacial score (nSPS) is 19.8. The summed E-state index contributed by atoms with van der Waals surface area (Å²) in [7, 11) is 0. The molecule has 110 valence electrons. The molecule has 2 rings (SSSR count). The van der Waals surface area contributed by atoms with Crippen LogP contribution in [-0.2, 0) is 0 Å². The Hall–Kier alpha value is -1.66. The fraction of sp³-hybridized carbons (Fsp3) is 0.571.